The zero-order valence-electron chi connectivity index (χ0n) is 10.3. The highest BCUT2D eigenvalue weighted by Gasteiger charge is 2.36. The minimum absolute atomic E-state index is 0. The number of aromatic nitrogens is 3. The van der Waals surface area contributed by atoms with Crippen molar-refractivity contribution in [2.75, 3.05) is 0 Å². The minimum atomic E-state index is -0.383. The molecule has 0 spiro atoms. The number of nitrogens with zero attached hydrogens (tertiary/aromatic N) is 2. The van der Waals surface area contributed by atoms with Gasteiger partial charge in [0.15, 0.2) is 5.82 Å². The molecule has 2 heterocycles. The Kier molecular flexibility index (Phi) is 3.45. The molecule has 0 amide bonds. The Morgan fingerprint density at radius 3 is 2.67 bits per heavy atom. The topological polar surface area (TPSA) is 80.7 Å². The molecule has 2 aromatic rings. The third-order valence-corrected chi connectivity index (χ3v) is 3.55. The molecule has 6 heteroatoms. The first-order chi connectivity index (χ1) is 8.19. The van der Waals surface area contributed by atoms with Crippen LogP contribution in [0.4, 0.5) is 0 Å². The summed E-state index contributed by atoms with van der Waals surface area (Å²) in [6.45, 7) is 2.00. The average molecular weight is 269 g/mol. The van der Waals surface area contributed by atoms with Crippen LogP contribution >= 0.6 is 12.4 Å². The van der Waals surface area contributed by atoms with Crippen LogP contribution in [0.5, 0.6) is 0 Å². The van der Waals surface area contributed by atoms with Crippen LogP contribution in [0.15, 0.2) is 16.9 Å². The lowest BCUT2D eigenvalue weighted by Gasteiger charge is -2.17. The van der Waals surface area contributed by atoms with Crippen molar-refractivity contribution in [1.29, 1.82) is 0 Å². The van der Waals surface area contributed by atoms with Gasteiger partial charge in [0.05, 0.1) is 11.1 Å². The minimum Gasteiger partial charge on any atom is -0.367 e. The van der Waals surface area contributed by atoms with Crippen LogP contribution in [0.25, 0.3) is 11.5 Å². The molecule has 0 bridgehead atoms. The second kappa shape index (κ2) is 4.74. The fraction of sp³-hybridized carbons (Fsp3) is 0.500. The second-order valence-electron chi connectivity index (χ2n) is 4.84. The van der Waals surface area contributed by atoms with Gasteiger partial charge in [0.2, 0.25) is 0 Å². The summed E-state index contributed by atoms with van der Waals surface area (Å²) >= 11 is 0. The number of hydrogen-bond acceptors (Lipinski definition) is 4. The lowest BCUT2D eigenvalue weighted by atomic mass is 9.99. The van der Waals surface area contributed by atoms with Crippen molar-refractivity contribution in [2.24, 2.45) is 5.73 Å². The van der Waals surface area contributed by atoms with Crippen molar-refractivity contribution in [2.45, 2.75) is 38.1 Å². The molecule has 0 aromatic carbocycles. The van der Waals surface area contributed by atoms with Gasteiger partial charge in [-0.25, -0.2) is 0 Å². The Morgan fingerprint density at radius 1 is 1.33 bits per heavy atom. The summed E-state index contributed by atoms with van der Waals surface area (Å²) < 4.78 is 5.31. The van der Waals surface area contributed by atoms with Gasteiger partial charge in [-0.15, -0.1) is 12.4 Å². The fourth-order valence-corrected chi connectivity index (χ4v) is 2.44. The summed E-state index contributed by atoms with van der Waals surface area (Å²) in [6, 6.07) is 0. The van der Waals surface area contributed by atoms with Crippen LogP contribution in [0.3, 0.4) is 0 Å². The molecule has 1 aliphatic rings. The van der Waals surface area contributed by atoms with Gasteiger partial charge in [0, 0.05) is 12.4 Å². The SMILES string of the molecule is Cc1c[nH]cc1-c1nc(C2(N)CCCC2)no1.Cl. The Balaban J connectivity index is 0.00000120. The fourth-order valence-electron chi connectivity index (χ4n) is 2.44. The van der Waals surface area contributed by atoms with E-state index in [-0.39, 0.29) is 17.9 Å². The van der Waals surface area contributed by atoms with Crippen LogP contribution < -0.4 is 5.73 Å². The zero-order valence-corrected chi connectivity index (χ0v) is 11.1. The van der Waals surface area contributed by atoms with Gasteiger partial charge in [-0.1, -0.05) is 18.0 Å². The average Bonchev–Trinajstić information content (AvgIpc) is 2.97. The number of rotatable bonds is 2. The lowest BCUT2D eigenvalue weighted by molar-refractivity contribution is 0.372. The van der Waals surface area contributed by atoms with Crippen LogP contribution in [-0.4, -0.2) is 15.1 Å². The number of halogens is 1. The molecule has 0 aliphatic heterocycles. The molecule has 3 N–H and O–H groups in total. The highest BCUT2D eigenvalue weighted by molar-refractivity contribution is 5.85. The van der Waals surface area contributed by atoms with Gasteiger partial charge < -0.3 is 15.2 Å². The highest BCUT2D eigenvalue weighted by atomic mass is 35.5. The van der Waals surface area contributed by atoms with Crippen molar-refractivity contribution in [3.63, 3.8) is 0 Å². The molecule has 1 aliphatic carbocycles. The van der Waals surface area contributed by atoms with Gasteiger partial charge in [-0.05, 0) is 25.3 Å². The van der Waals surface area contributed by atoms with Crippen LogP contribution in [0, 0.1) is 6.92 Å². The van der Waals surface area contributed by atoms with Crippen molar-refractivity contribution in [1.82, 2.24) is 15.1 Å². The van der Waals surface area contributed by atoms with Crippen molar-refractivity contribution in [3.8, 4) is 11.5 Å². The van der Waals surface area contributed by atoms with E-state index in [9.17, 15) is 0 Å². The quantitative estimate of drug-likeness (QED) is 0.877. The van der Waals surface area contributed by atoms with E-state index in [4.69, 9.17) is 10.3 Å². The van der Waals surface area contributed by atoms with E-state index in [0.29, 0.717) is 11.7 Å². The molecule has 0 saturated heterocycles. The Bertz CT molecular complexity index is 528. The molecule has 0 atom stereocenters. The largest absolute Gasteiger partial charge is 0.367 e. The summed E-state index contributed by atoms with van der Waals surface area (Å²) in [6.07, 6.45) is 7.95. The van der Waals surface area contributed by atoms with Crippen LogP contribution in [0.1, 0.15) is 37.1 Å². The van der Waals surface area contributed by atoms with Crippen LogP contribution in [0.2, 0.25) is 0 Å². The van der Waals surface area contributed by atoms with Crippen molar-refractivity contribution < 1.29 is 4.52 Å². The first-order valence-corrected chi connectivity index (χ1v) is 5.96. The molecular formula is C12H17ClN4O. The van der Waals surface area contributed by atoms with E-state index >= 15 is 0 Å². The molecule has 0 unspecified atom stereocenters. The first-order valence-electron chi connectivity index (χ1n) is 5.96. The Morgan fingerprint density at radius 2 is 2.06 bits per heavy atom. The van der Waals surface area contributed by atoms with Gasteiger partial charge in [-0.2, -0.15) is 4.98 Å². The molecule has 18 heavy (non-hydrogen) atoms. The second-order valence-corrected chi connectivity index (χ2v) is 4.84. The van der Waals surface area contributed by atoms with E-state index in [2.05, 4.69) is 15.1 Å². The number of hydrogen-bond donors (Lipinski definition) is 2. The normalized spacial score (nSPS) is 17.7. The van der Waals surface area contributed by atoms with Gasteiger partial charge in [0.25, 0.3) is 5.89 Å². The standard InChI is InChI=1S/C12H16N4O.ClH/c1-8-6-14-7-9(8)10-15-11(16-17-10)12(13)4-2-3-5-12;/h6-7,14H,2-5,13H2,1H3;1H. The molecule has 3 rings (SSSR count). The van der Waals surface area contributed by atoms with Gasteiger partial charge in [0.1, 0.15) is 0 Å². The first kappa shape index (κ1) is 13.1. The van der Waals surface area contributed by atoms with E-state index in [1.165, 1.54) is 0 Å². The third-order valence-electron chi connectivity index (χ3n) is 3.55. The number of nitrogens with two attached hydrogens (primary N) is 1. The number of aromatic amines is 1. The summed E-state index contributed by atoms with van der Waals surface area (Å²) in [5.41, 5.74) is 7.95. The molecule has 1 saturated carbocycles. The van der Waals surface area contributed by atoms with E-state index < -0.39 is 0 Å². The summed E-state index contributed by atoms with van der Waals surface area (Å²) in [4.78, 5) is 7.47. The molecular weight excluding hydrogens is 252 g/mol. The van der Waals surface area contributed by atoms with Gasteiger partial charge >= 0.3 is 0 Å². The number of aryl methyl sites for hydroxylation is 1. The highest BCUT2D eigenvalue weighted by Crippen LogP contribution is 2.35. The maximum atomic E-state index is 6.29. The summed E-state index contributed by atoms with van der Waals surface area (Å²) in [5.74, 6) is 1.20. The smallest absolute Gasteiger partial charge is 0.259 e. The maximum absolute atomic E-state index is 6.29. The Hall–Kier alpha value is -1.33. The molecule has 98 valence electrons. The number of nitrogens with one attached hydrogen (secondary N) is 1. The molecule has 1 fully saturated rings. The zero-order chi connectivity index (χ0) is 11.9. The van der Waals surface area contributed by atoms with E-state index in [1.807, 2.05) is 19.3 Å². The predicted molar refractivity (Wildman–Crippen MR) is 70.4 cm³/mol. The molecule has 5 nitrogen and oxygen atoms in total. The maximum Gasteiger partial charge on any atom is 0.259 e. The monoisotopic (exact) mass is 268 g/mol. The summed E-state index contributed by atoms with van der Waals surface area (Å²) in [5, 5.41) is 4.04. The van der Waals surface area contributed by atoms with Crippen LogP contribution in [-0.2, 0) is 5.54 Å². The predicted octanol–water partition coefficient (Wildman–Crippen LogP) is 2.52. The molecule has 2 aromatic heterocycles. The van der Waals surface area contributed by atoms with Crippen molar-refractivity contribution >= 4 is 12.4 Å². The van der Waals surface area contributed by atoms with E-state index in [1.54, 1.807) is 0 Å². The van der Waals surface area contributed by atoms with E-state index in [0.717, 1.165) is 36.8 Å². The Labute approximate surface area is 112 Å². The number of H-pyrrole nitrogens is 1. The summed E-state index contributed by atoms with van der Waals surface area (Å²) in [7, 11) is 0. The molecule has 0 radical (unpaired) electrons. The lowest BCUT2D eigenvalue weighted by Crippen LogP contribution is -2.34. The van der Waals surface area contributed by atoms with Crippen molar-refractivity contribution in [3.05, 3.63) is 23.8 Å². The third kappa shape index (κ3) is 2.04. The van der Waals surface area contributed by atoms with Gasteiger partial charge in [-0.3, -0.25) is 0 Å².